The van der Waals surface area contributed by atoms with Crippen molar-refractivity contribution in [3.05, 3.63) is 23.3 Å². The van der Waals surface area contributed by atoms with Gasteiger partial charge >= 0.3 is 6.03 Å². The van der Waals surface area contributed by atoms with Gasteiger partial charge in [-0.3, -0.25) is 0 Å². The van der Waals surface area contributed by atoms with Crippen molar-refractivity contribution < 1.29 is 9.53 Å². The van der Waals surface area contributed by atoms with Gasteiger partial charge in [0.2, 0.25) is 0 Å². The van der Waals surface area contributed by atoms with Crippen molar-refractivity contribution in [2.24, 2.45) is 0 Å². The van der Waals surface area contributed by atoms with Crippen molar-refractivity contribution in [3.63, 3.8) is 0 Å². The average Bonchev–Trinajstić information content (AvgIpc) is 2.69. The van der Waals surface area contributed by atoms with E-state index in [1.165, 1.54) is 23.2 Å². The highest BCUT2D eigenvalue weighted by molar-refractivity contribution is 5.74. The Bertz CT molecular complexity index is 653. The molecular formula is C22H35N3O2. The molecule has 2 aliphatic heterocycles. The largest absolute Gasteiger partial charge is 0.493 e. The second-order valence-electron chi connectivity index (χ2n) is 7.93. The molecule has 2 amide bonds. The fraction of sp³-hybridized carbons (Fsp3) is 0.682. The van der Waals surface area contributed by atoms with E-state index in [0.29, 0.717) is 18.5 Å². The molecule has 1 atom stereocenters. The minimum absolute atomic E-state index is 0.0689. The normalized spacial score (nSPS) is 20.4. The molecule has 0 bridgehead atoms. The van der Waals surface area contributed by atoms with E-state index in [4.69, 9.17) is 4.74 Å². The van der Waals surface area contributed by atoms with E-state index >= 15 is 0 Å². The summed E-state index contributed by atoms with van der Waals surface area (Å²) in [7, 11) is 2.19. The summed E-state index contributed by atoms with van der Waals surface area (Å²) in [6.45, 7) is 9.50. The Labute approximate surface area is 164 Å². The van der Waals surface area contributed by atoms with E-state index in [2.05, 4.69) is 43.2 Å². The van der Waals surface area contributed by atoms with Crippen LogP contribution in [0.5, 0.6) is 5.75 Å². The van der Waals surface area contributed by atoms with Gasteiger partial charge in [-0.2, -0.15) is 0 Å². The summed E-state index contributed by atoms with van der Waals surface area (Å²) in [5.74, 6) is 1.60. The summed E-state index contributed by atoms with van der Waals surface area (Å²) in [6.07, 6.45) is 5.29. The molecule has 1 fully saturated rings. The molecule has 1 aromatic carbocycles. The van der Waals surface area contributed by atoms with Gasteiger partial charge in [0.05, 0.1) is 6.61 Å². The van der Waals surface area contributed by atoms with Gasteiger partial charge in [0.25, 0.3) is 0 Å². The van der Waals surface area contributed by atoms with Gasteiger partial charge in [0, 0.05) is 44.0 Å². The average molecular weight is 374 g/mol. The van der Waals surface area contributed by atoms with Crippen LogP contribution < -0.4 is 15.0 Å². The smallest absolute Gasteiger partial charge is 0.317 e. The second-order valence-corrected chi connectivity index (χ2v) is 7.93. The lowest BCUT2D eigenvalue weighted by atomic mass is 9.85. The summed E-state index contributed by atoms with van der Waals surface area (Å²) in [6, 6.07) is 5.21. The highest BCUT2D eigenvalue weighted by Crippen LogP contribution is 2.43. The number of ether oxygens (including phenoxy) is 1. The van der Waals surface area contributed by atoms with Gasteiger partial charge in [-0.15, -0.1) is 0 Å². The Morgan fingerprint density at radius 3 is 2.63 bits per heavy atom. The van der Waals surface area contributed by atoms with Crippen LogP contribution in [0.3, 0.4) is 0 Å². The van der Waals surface area contributed by atoms with Crippen LogP contribution in [0.15, 0.2) is 12.1 Å². The Morgan fingerprint density at radius 2 is 1.96 bits per heavy atom. The lowest BCUT2D eigenvalue weighted by Gasteiger charge is -2.37. The number of anilines is 1. The van der Waals surface area contributed by atoms with Gasteiger partial charge in [-0.1, -0.05) is 13.0 Å². The van der Waals surface area contributed by atoms with Crippen LogP contribution in [0.4, 0.5) is 10.5 Å². The Morgan fingerprint density at radius 1 is 1.22 bits per heavy atom. The van der Waals surface area contributed by atoms with E-state index in [-0.39, 0.29) is 6.03 Å². The van der Waals surface area contributed by atoms with Crippen molar-refractivity contribution >= 4 is 11.7 Å². The Balaban J connectivity index is 1.82. The minimum Gasteiger partial charge on any atom is -0.493 e. The van der Waals surface area contributed by atoms with Crippen LogP contribution in [0.2, 0.25) is 0 Å². The number of carbonyl (C=O) groups is 1. The summed E-state index contributed by atoms with van der Waals surface area (Å²) in [5.41, 5.74) is 4.05. The molecule has 0 aliphatic carbocycles. The summed E-state index contributed by atoms with van der Waals surface area (Å²) >= 11 is 0. The van der Waals surface area contributed by atoms with Crippen molar-refractivity contribution in [3.8, 4) is 5.75 Å². The predicted octanol–water partition coefficient (Wildman–Crippen LogP) is 4.16. The number of rotatable bonds is 5. The maximum Gasteiger partial charge on any atom is 0.317 e. The molecule has 1 saturated heterocycles. The third-order valence-electron chi connectivity index (χ3n) is 6.12. The molecule has 2 heterocycles. The predicted molar refractivity (Wildman–Crippen MR) is 111 cm³/mol. The van der Waals surface area contributed by atoms with Crippen LogP contribution in [0, 0.1) is 0 Å². The quantitative estimate of drug-likeness (QED) is 0.843. The van der Waals surface area contributed by atoms with Crippen LogP contribution in [0.25, 0.3) is 0 Å². The molecule has 3 rings (SSSR count). The van der Waals surface area contributed by atoms with Gasteiger partial charge < -0.3 is 19.9 Å². The molecular weight excluding hydrogens is 338 g/mol. The number of fused-ring (bicyclic) bond motifs is 1. The maximum absolute atomic E-state index is 12.1. The number of hydrogen-bond donors (Lipinski definition) is 1. The number of hydrogen-bond acceptors (Lipinski definition) is 3. The van der Waals surface area contributed by atoms with Crippen LogP contribution in [-0.2, 0) is 6.42 Å². The van der Waals surface area contributed by atoms with Gasteiger partial charge in [0.1, 0.15) is 5.75 Å². The number of urea groups is 1. The SMILES string of the molecule is CCCOc1c(C2CCN(C(=O)NCC)CC2)ccc2c1CCC(C)N2C. The first-order valence-electron chi connectivity index (χ1n) is 10.6. The van der Waals surface area contributed by atoms with Crippen molar-refractivity contribution in [1.29, 1.82) is 0 Å². The van der Waals surface area contributed by atoms with Crippen molar-refractivity contribution in [1.82, 2.24) is 10.2 Å². The Hall–Kier alpha value is -1.91. The first-order valence-corrected chi connectivity index (χ1v) is 10.6. The van der Waals surface area contributed by atoms with Gasteiger partial charge in [0.15, 0.2) is 0 Å². The highest BCUT2D eigenvalue weighted by Gasteiger charge is 2.30. The number of likely N-dealkylation sites (tertiary alicyclic amines) is 1. The fourth-order valence-electron chi connectivity index (χ4n) is 4.34. The number of carbonyl (C=O) groups excluding carboxylic acids is 1. The molecule has 5 nitrogen and oxygen atoms in total. The van der Waals surface area contributed by atoms with Crippen molar-refractivity contribution in [2.75, 3.05) is 38.2 Å². The highest BCUT2D eigenvalue weighted by atomic mass is 16.5. The van der Waals surface area contributed by atoms with E-state index in [9.17, 15) is 4.79 Å². The van der Waals surface area contributed by atoms with Crippen LogP contribution in [0.1, 0.15) is 63.5 Å². The molecule has 0 aromatic heterocycles. The molecule has 150 valence electrons. The number of nitrogens with zero attached hydrogens (tertiary/aromatic N) is 2. The molecule has 0 spiro atoms. The first-order chi connectivity index (χ1) is 13.1. The maximum atomic E-state index is 12.1. The fourth-order valence-corrected chi connectivity index (χ4v) is 4.34. The van der Waals surface area contributed by atoms with E-state index in [1.54, 1.807) is 0 Å². The monoisotopic (exact) mass is 373 g/mol. The Kier molecular flexibility index (Phi) is 6.51. The third-order valence-corrected chi connectivity index (χ3v) is 6.12. The summed E-state index contributed by atoms with van der Waals surface area (Å²) < 4.78 is 6.31. The molecule has 1 N–H and O–H groups in total. The topological polar surface area (TPSA) is 44.8 Å². The van der Waals surface area contributed by atoms with Crippen LogP contribution >= 0.6 is 0 Å². The zero-order valence-electron chi connectivity index (χ0n) is 17.4. The van der Waals surface area contributed by atoms with Crippen molar-refractivity contribution in [2.45, 2.75) is 64.8 Å². The number of piperidine rings is 1. The van der Waals surface area contributed by atoms with E-state index in [0.717, 1.165) is 51.1 Å². The summed E-state index contributed by atoms with van der Waals surface area (Å²) in [5, 5.41) is 2.92. The van der Waals surface area contributed by atoms with Gasteiger partial charge in [-0.25, -0.2) is 4.79 Å². The molecule has 27 heavy (non-hydrogen) atoms. The number of benzene rings is 1. The first kappa shape index (κ1) is 19.8. The second kappa shape index (κ2) is 8.85. The molecule has 2 aliphatic rings. The van der Waals surface area contributed by atoms with Gasteiger partial charge in [-0.05, 0) is 63.5 Å². The third kappa shape index (κ3) is 4.17. The molecule has 0 saturated carbocycles. The van der Waals surface area contributed by atoms with Crippen LogP contribution in [-0.4, -0.2) is 50.3 Å². The standard InChI is InChI=1S/C22H35N3O2/c1-5-15-27-21-18(9-10-20-19(21)8-7-16(3)24(20)4)17-11-13-25(14-12-17)22(26)23-6-2/h9-10,16-17H,5-8,11-15H2,1-4H3,(H,23,26). The summed E-state index contributed by atoms with van der Waals surface area (Å²) in [4.78, 5) is 16.4. The molecule has 1 unspecified atom stereocenters. The molecule has 0 radical (unpaired) electrons. The number of amides is 2. The lowest BCUT2D eigenvalue weighted by Crippen LogP contribution is -2.44. The molecule has 5 heteroatoms. The van der Waals surface area contributed by atoms with E-state index < -0.39 is 0 Å². The zero-order chi connectivity index (χ0) is 19.4. The zero-order valence-corrected chi connectivity index (χ0v) is 17.4. The number of nitrogens with one attached hydrogen (secondary N) is 1. The molecule has 1 aromatic rings. The van der Waals surface area contributed by atoms with E-state index in [1.807, 2.05) is 11.8 Å². The lowest BCUT2D eigenvalue weighted by molar-refractivity contribution is 0.181. The minimum atomic E-state index is 0.0689.